The number of rotatable bonds is 11. The summed E-state index contributed by atoms with van der Waals surface area (Å²) < 4.78 is 0.783. The van der Waals surface area contributed by atoms with Crippen molar-refractivity contribution in [2.24, 2.45) is 0 Å². The van der Waals surface area contributed by atoms with E-state index in [0.29, 0.717) is 16.9 Å². The number of nitrogens with one attached hydrogen (secondary N) is 3. The Hall–Kier alpha value is -5.70. The van der Waals surface area contributed by atoms with Crippen molar-refractivity contribution in [3.05, 3.63) is 191 Å². The molecule has 0 aromatic heterocycles. The van der Waals surface area contributed by atoms with Gasteiger partial charge in [-0.3, -0.25) is 14.4 Å². The van der Waals surface area contributed by atoms with Crippen molar-refractivity contribution in [3.63, 3.8) is 0 Å². The minimum Gasteiger partial charge on any atom is -0.324 e. The van der Waals surface area contributed by atoms with E-state index >= 15 is 0 Å². The van der Waals surface area contributed by atoms with Crippen molar-refractivity contribution in [1.82, 2.24) is 5.32 Å². The molecular weight excluding hydrogens is 706 g/mol. The van der Waals surface area contributed by atoms with E-state index in [0.717, 1.165) is 31.6 Å². The number of carbonyl (C=O) groups is 3. The van der Waals surface area contributed by atoms with Crippen LogP contribution in [0.4, 0.5) is 11.4 Å². The summed E-state index contributed by atoms with van der Waals surface area (Å²) in [5.41, 5.74) is 5.39. The predicted octanol–water partition coefficient (Wildman–Crippen LogP) is 10.00. The summed E-state index contributed by atoms with van der Waals surface area (Å²) in [6.07, 6.45) is 1.65. The van der Waals surface area contributed by atoms with Crippen LogP contribution in [-0.4, -0.2) is 17.7 Å². The summed E-state index contributed by atoms with van der Waals surface area (Å²) in [5, 5.41) is 8.21. The fraction of sp³-hybridized carbons (Fsp3) is 0.0238. The topological polar surface area (TPSA) is 87.3 Å². The fourth-order valence-corrected chi connectivity index (χ4v) is 6.62. The van der Waals surface area contributed by atoms with Crippen molar-refractivity contribution in [3.8, 4) is 11.1 Å². The zero-order valence-corrected chi connectivity index (χ0v) is 29.2. The number of hydrogen-bond donors (Lipinski definition) is 3. The number of para-hydroxylation sites is 1. The van der Waals surface area contributed by atoms with Gasteiger partial charge in [0.2, 0.25) is 5.91 Å². The number of carbonyl (C=O) groups excluding carboxylic acids is 3. The fourth-order valence-electron chi connectivity index (χ4n) is 5.15. The van der Waals surface area contributed by atoms with Gasteiger partial charge in [-0.15, -0.1) is 11.8 Å². The van der Waals surface area contributed by atoms with Crippen molar-refractivity contribution in [2.75, 3.05) is 10.6 Å². The normalized spacial score (nSPS) is 11.7. The quantitative estimate of drug-likeness (QED) is 0.0913. The van der Waals surface area contributed by atoms with Crippen LogP contribution < -0.4 is 16.0 Å². The third-order valence-corrected chi connectivity index (χ3v) is 9.62. The van der Waals surface area contributed by atoms with E-state index in [4.69, 9.17) is 0 Å². The number of amides is 3. The number of hydrogen-bond acceptors (Lipinski definition) is 4. The lowest BCUT2D eigenvalue weighted by atomic mass is 10.0. The van der Waals surface area contributed by atoms with Gasteiger partial charge in [0, 0.05) is 20.6 Å². The van der Waals surface area contributed by atoms with Crippen molar-refractivity contribution < 1.29 is 14.4 Å². The molecule has 0 aliphatic carbocycles. The molecule has 1 unspecified atom stereocenters. The molecule has 0 bridgehead atoms. The molecule has 6 nitrogen and oxygen atoms in total. The van der Waals surface area contributed by atoms with Gasteiger partial charge < -0.3 is 16.0 Å². The summed E-state index contributed by atoms with van der Waals surface area (Å²) in [7, 11) is 0. The summed E-state index contributed by atoms with van der Waals surface area (Å²) in [4.78, 5) is 41.4. The summed E-state index contributed by atoms with van der Waals surface area (Å²) in [6, 6.07) is 50.8. The standard InChI is InChI=1S/C42H32BrN3O3S/c43-36-21-10-11-22-37(36)45-42(49)39(32-15-6-2-7-16-32)50-35-20-12-19-34(28-35)44-41(48)38(46-40(47)33-17-8-3-9-18-33)27-29-23-25-31(26-24-29)30-13-4-1-5-14-30/h1-28,39H,(H,44,48)(H,45,49)(H,46,47)/b38-27+. The van der Waals surface area contributed by atoms with Crippen LogP contribution in [0.3, 0.4) is 0 Å². The number of anilines is 2. The second kappa shape index (κ2) is 16.6. The average Bonchev–Trinajstić information content (AvgIpc) is 3.16. The molecule has 6 aromatic carbocycles. The van der Waals surface area contributed by atoms with E-state index in [2.05, 4.69) is 31.9 Å². The average molecular weight is 739 g/mol. The molecule has 0 fully saturated rings. The van der Waals surface area contributed by atoms with Gasteiger partial charge in [0.05, 0.1) is 5.69 Å². The molecule has 6 aromatic rings. The Morgan fingerprint density at radius 1 is 0.620 bits per heavy atom. The molecule has 0 saturated carbocycles. The monoisotopic (exact) mass is 737 g/mol. The highest BCUT2D eigenvalue weighted by Crippen LogP contribution is 2.38. The van der Waals surface area contributed by atoms with Gasteiger partial charge in [0.25, 0.3) is 11.8 Å². The Bertz CT molecular complexity index is 2120. The highest BCUT2D eigenvalue weighted by Gasteiger charge is 2.23. The first-order valence-electron chi connectivity index (χ1n) is 15.8. The highest BCUT2D eigenvalue weighted by molar-refractivity contribution is 9.10. The van der Waals surface area contributed by atoms with Gasteiger partial charge in [-0.05, 0) is 86.7 Å². The lowest BCUT2D eigenvalue weighted by Gasteiger charge is -2.18. The molecule has 0 aliphatic heterocycles. The Kier molecular flexibility index (Phi) is 11.4. The molecule has 0 saturated heterocycles. The second-order valence-electron chi connectivity index (χ2n) is 11.2. The smallest absolute Gasteiger partial charge is 0.272 e. The Morgan fingerprint density at radius 3 is 1.94 bits per heavy atom. The van der Waals surface area contributed by atoms with Crippen LogP contribution in [0.25, 0.3) is 17.2 Å². The summed E-state index contributed by atoms with van der Waals surface area (Å²) >= 11 is 4.88. The van der Waals surface area contributed by atoms with Crippen LogP contribution in [0.2, 0.25) is 0 Å². The zero-order chi connectivity index (χ0) is 34.7. The SMILES string of the molecule is O=C(Nc1cccc(SC(C(=O)Nc2ccccc2Br)c2ccccc2)c1)/C(=C\c1ccc(-c2ccccc2)cc1)NC(=O)c1ccccc1. The van der Waals surface area contributed by atoms with E-state index in [1.165, 1.54) is 11.8 Å². The van der Waals surface area contributed by atoms with E-state index in [1.54, 1.807) is 36.4 Å². The molecule has 6 rings (SSSR count). The maximum Gasteiger partial charge on any atom is 0.272 e. The highest BCUT2D eigenvalue weighted by atomic mass is 79.9. The molecule has 3 N–H and O–H groups in total. The van der Waals surface area contributed by atoms with Gasteiger partial charge >= 0.3 is 0 Å². The van der Waals surface area contributed by atoms with Crippen molar-refractivity contribution >= 4 is 62.9 Å². The lowest BCUT2D eigenvalue weighted by Crippen LogP contribution is -2.30. The van der Waals surface area contributed by atoms with E-state index in [-0.39, 0.29) is 11.6 Å². The van der Waals surface area contributed by atoms with Gasteiger partial charge in [-0.25, -0.2) is 0 Å². The van der Waals surface area contributed by atoms with Crippen LogP contribution in [0.5, 0.6) is 0 Å². The Balaban J connectivity index is 1.24. The third kappa shape index (κ3) is 9.05. The number of thioether (sulfide) groups is 1. The van der Waals surface area contributed by atoms with Crippen LogP contribution in [0, 0.1) is 0 Å². The Morgan fingerprint density at radius 2 is 1.24 bits per heavy atom. The van der Waals surface area contributed by atoms with Crippen LogP contribution in [0.15, 0.2) is 179 Å². The molecule has 0 aliphatic rings. The molecule has 3 amide bonds. The first-order valence-corrected chi connectivity index (χ1v) is 17.5. The number of benzene rings is 6. The molecule has 0 radical (unpaired) electrons. The van der Waals surface area contributed by atoms with E-state index in [1.807, 2.05) is 133 Å². The van der Waals surface area contributed by atoms with E-state index < -0.39 is 17.1 Å². The predicted molar refractivity (Wildman–Crippen MR) is 207 cm³/mol. The van der Waals surface area contributed by atoms with Crippen LogP contribution in [-0.2, 0) is 9.59 Å². The van der Waals surface area contributed by atoms with Gasteiger partial charge in [-0.2, -0.15) is 0 Å². The van der Waals surface area contributed by atoms with Crippen molar-refractivity contribution in [1.29, 1.82) is 0 Å². The lowest BCUT2D eigenvalue weighted by molar-refractivity contribution is -0.116. The summed E-state index contributed by atoms with van der Waals surface area (Å²) in [5.74, 6) is -1.08. The molecule has 1 atom stereocenters. The second-order valence-corrected chi connectivity index (χ2v) is 13.3. The molecule has 246 valence electrons. The van der Waals surface area contributed by atoms with Gasteiger partial charge in [-0.1, -0.05) is 121 Å². The molecule has 50 heavy (non-hydrogen) atoms. The molecule has 8 heteroatoms. The first kappa shape index (κ1) is 34.2. The molecular formula is C42H32BrN3O3S. The van der Waals surface area contributed by atoms with Crippen LogP contribution >= 0.6 is 27.7 Å². The maximum atomic E-state index is 13.8. The van der Waals surface area contributed by atoms with Crippen LogP contribution in [0.1, 0.15) is 26.7 Å². The van der Waals surface area contributed by atoms with Gasteiger partial charge in [0.1, 0.15) is 10.9 Å². The van der Waals surface area contributed by atoms with E-state index in [9.17, 15) is 14.4 Å². The molecule has 0 heterocycles. The largest absolute Gasteiger partial charge is 0.324 e. The Labute approximate surface area is 303 Å². The van der Waals surface area contributed by atoms with Crippen molar-refractivity contribution in [2.45, 2.75) is 10.1 Å². The third-order valence-electron chi connectivity index (χ3n) is 7.68. The minimum atomic E-state index is -0.575. The molecule has 0 spiro atoms. The summed E-state index contributed by atoms with van der Waals surface area (Å²) in [6.45, 7) is 0. The maximum absolute atomic E-state index is 13.8. The zero-order valence-electron chi connectivity index (χ0n) is 26.8. The number of halogens is 1. The first-order chi connectivity index (χ1) is 24.4. The van der Waals surface area contributed by atoms with Gasteiger partial charge in [0.15, 0.2) is 0 Å². The minimum absolute atomic E-state index is 0.0827.